The molecule has 5 aromatic carbocycles. The molecule has 2 heterocycles. The molecule has 7 rings (SSSR count). The summed E-state index contributed by atoms with van der Waals surface area (Å²) >= 11 is 6.42. The van der Waals surface area contributed by atoms with Gasteiger partial charge in [0.05, 0.1) is 17.0 Å². The van der Waals surface area contributed by atoms with Crippen LogP contribution in [-0.2, 0) is 14.2 Å². The average Bonchev–Trinajstić information content (AvgIpc) is 3.57. The Bertz CT molecular complexity index is 2460. The molecule has 0 radical (unpaired) electrons. The normalized spacial score (nSPS) is 18.0. The van der Waals surface area contributed by atoms with Gasteiger partial charge in [-0.15, -0.1) is 11.6 Å². The number of halogens is 1. The molecule has 1 fully saturated rings. The van der Waals surface area contributed by atoms with Gasteiger partial charge in [-0.2, -0.15) is 4.99 Å². The van der Waals surface area contributed by atoms with Gasteiger partial charge in [0.2, 0.25) is 0 Å². The van der Waals surface area contributed by atoms with Crippen molar-refractivity contribution in [2.24, 2.45) is 4.99 Å². The number of hydrogen-bond acceptors (Lipinski definition) is 8. The van der Waals surface area contributed by atoms with E-state index in [1.54, 1.807) is 140 Å². The van der Waals surface area contributed by atoms with Crippen LogP contribution in [0.3, 0.4) is 0 Å². The molecule has 4 atom stereocenters. The van der Waals surface area contributed by atoms with Crippen molar-refractivity contribution >= 4 is 35.4 Å². The molecule has 0 bridgehead atoms. The van der Waals surface area contributed by atoms with Gasteiger partial charge in [0, 0.05) is 22.9 Å². The smallest absolute Gasteiger partial charge is 0.339 e. The Labute approximate surface area is 319 Å². The monoisotopic (exact) mass is 753 g/mol. The van der Waals surface area contributed by atoms with Crippen LogP contribution in [0, 0.1) is 0 Å². The lowest BCUT2D eigenvalue weighted by molar-refractivity contribution is -0.0511. The minimum Gasteiger partial charge on any atom is -0.452 e. The van der Waals surface area contributed by atoms with E-state index in [2.05, 4.69) is 4.99 Å². The minimum atomic E-state index is -1.49. The van der Waals surface area contributed by atoms with Crippen LogP contribution in [0.5, 0.6) is 0 Å². The van der Waals surface area contributed by atoms with E-state index in [1.807, 2.05) is 0 Å². The molecule has 1 aliphatic heterocycles. The molecule has 1 saturated heterocycles. The number of nitrogens with zero attached hydrogens (tertiary/aromatic N) is 3. The van der Waals surface area contributed by atoms with E-state index in [-0.39, 0.29) is 39.2 Å². The van der Waals surface area contributed by atoms with Gasteiger partial charge in [0.25, 0.3) is 11.8 Å². The Morgan fingerprint density at radius 2 is 1.07 bits per heavy atom. The van der Waals surface area contributed by atoms with E-state index in [9.17, 15) is 24.0 Å². The highest BCUT2D eigenvalue weighted by Crippen LogP contribution is 2.35. The van der Waals surface area contributed by atoms with Crippen LogP contribution >= 0.6 is 11.6 Å². The third-order valence-electron chi connectivity index (χ3n) is 8.89. The summed E-state index contributed by atoms with van der Waals surface area (Å²) in [6.07, 6.45) is -3.96. The van der Waals surface area contributed by atoms with Crippen molar-refractivity contribution < 1.29 is 33.4 Å². The third-order valence-corrected chi connectivity index (χ3v) is 9.19. The molecule has 0 unspecified atom stereocenters. The Hall–Kier alpha value is -6.69. The summed E-state index contributed by atoms with van der Waals surface area (Å²) in [4.78, 5) is 74.5. The highest BCUT2D eigenvalue weighted by molar-refractivity contribution is 6.18. The summed E-state index contributed by atoms with van der Waals surface area (Å²) in [5.74, 6) is -3.27. The molecule has 12 heteroatoms. The largest absolute Gasteiger partial charge is 0.452 e. The van der Waals surface area contributed by atoms with Gasteiger partial charge in [-0.25, -0.2) is 19.0 Å². The molecule has 11 nitrogen and oxygen atoms in total. The number of amides is 1. The zero-order chi connectivity index (χ0) is 38.3. The first-order chi connectivity index (χ1) is 26.8. The second kappa shape index (κ2) is 16.5. The minimum absolute atomic E-state index is 0.123. The SMILES string of the molecule is O=C(N=c1c(-c2ccccc2)cn([C@@H]2O[C@H](CCl)[C@@H](OC(=O)c3ccccc3)[C@H]2OC(=O)c2ccccc2)c(=O)n1C(=O)c1ccccc1)c1ccccc1. The van der Waals surface area contributed by atoms with Crippen LogP contribution in [-0.4, -0.2) is 57.1 Å². The Morgan fingerprint density at radius 3 is 1.58 bits per heavy atom. The highest BCUT2D eigenvalue weighted by Gasteiger charge is 2.51. The molecule has 6 aromatic rings. The van der Waals surface area contributed by atoms with Gasteiger partial charge in [0.15, 0.2) is 23.9 Å². The molecule has 0 saturated carbocycles. The number of ether oxygens (including phenoxy) is 3. The molecule has 0 aliphatic carbocycles. The summed E-state index contributed by atoms with van der Waals surface area (Å²) in [6, 6.07) is 41.3. The number of carbonyl (C=O) groups is 4. The van der Waals surface area contributed by atoms with Crippen LogP contribution in [0.2, 0.25) is 0 Å². The van der Waals surface area contributed by atoms with E-state index >= 15 is 0 Å². The lowest BCUT2D eigenvalue weighted by Gasteiger charge is -2.26. The standard InChI is InChI=1S/C43H32ClN3O8/c44-26-34-35(54-41(50)31-22-12-4-13-23-31)36(55-42(51)32-24-14-5-15-25-32)40(53-34)46-27-33(28-16-6-1-7-17-28)37(45-38(48)29-18-8-2-9-19-29)47(43(46)52)39(49)30-20-10-3-11-21-30/h1-25,27,34-36,40H,26H2/t34-,35-,36-,40-/m1/s1. The van der Waals surface area contributed by atoms with E-state index in [1.165, 1.54) is 18.3 Å². The fourth-order valence-electron chi connectivity index (χ4n) is 6.18. The molecular weight excluding hydrogens is 722 g/mol. The summed E-state index contributed by atoms with van der Waals surface area (Å²) in [7, 11) is 0. The lowest BCUT2D eigenvalue weighted by Crippen LogP contribution is -2.48. The Kier molecular flexibility index (Phi) is 11.0. The molecule has 0 spiro atoms. The lowest BCUT2D eigenvalue weighted by atomic mass is 10.1. The predicted molar refractivity (Wildman–Crippen MR) is 203 cm³/mol. The van der Waals surface area contributed by atoms with Crippen LogP contribution in [0.25, 0.3) is 11.1 Å². The van der Waals surface area contributed by atoms with Crippen LogP contribution in [0.15, 0.2) is 168 Å². The topological polar surface area (TPSA) is 135 Å². The van der Waals surface area contributed by atoms with Crippen LogP contribution in [0.1, 0.15) is 47.7 Å². The fraction of sp³-hybridized carbons (Fsp3) is 0.116. The van der Waals surface area contributed by atoms with Crippen molar-refractivity contribution in [3.63, 3.8) is 0 Å². The van der Waals surface area contributed by atoms with Crippen LogP contribution in [0.4, 0.5) is 0 Å². The first-order valence-electron chi connectivity index (χ1n) is 17.2. The van der Waals surface area contributed by atoms with Crippen molar-refractivity contribution in [1.29, 1.82) is 0 Å². The first kappa shape index (κ1) is 36.7. The number of aromatic nitrogens is 2. The maximum absolute atomic E-state index is 14.9. The maximum Gasteiger partial charge on any atom is 0.339 e. The van der Waals surface area contributed by atoms with Crippen molar-refractivity contribution in [2.75, 3.05) is 5.88 Å². The average molecular weight is 754 g/mol. The van der Waals surface area contributed by atoms with Crippen LogP contribution < -0.4 is 11.2 Å². The third kappa shape index (κ3) is 7.84. The van der Waals surface area contributed by atoms with E-state index in [0.29, 0.717) is 5.56 Å². The number of carbonyl (C=O) groups excluding carboxylic acids is 4. The van der Waals surface area contributed by atoms with Crippen molar-refractivity contribution in [2.45, 2.75) is 24.5 Å². The molecule has 55 heavy (non-hydrogen) atoms. The van der Waals surface area contributed by atoms with Gasteiger partial charge < -0.3 is 14.2 Å². The van der Waals surface area contributed by atoms with Gasteiger partial charge in [0.1, 0.15) is 6.10 Å². The molecule has 1 aliphatic rings. The Balaban J connectivity index is 1.45. The Morgan fingerprint density at radius 1 is 0.618 bits per heavy atom. The zero-order valence-corrected chi connectivity index (χ0v) is 29.8. The second-order valence-corrected chi connectivity index (χ2v) is 12.7. The number of rotatable bonds is 9. The number of alkyl halides is 1. The van der Waals surface area contributed by atoms with Crippen molar-refractivity contribution in [3.05, 3.63) is 196 Å². The molecule has 0 N–H and O–H groups in total. The fourth-order valence-corrected chi connectivity index (χ4v) is 6.43. The van der Waals surface area contributed by atoms with Gasteiger partial charge in [-0.05, 0) is 54.1 Å². The summed E-state index contributed by atoms with van der Waals surface area (Å²) in [5, 5.41) is 0. The summed E-state index contributed by atoms with van der Waals surface area (Å²) in [5.41, 5.74) is 0.205. The highest BCUT2D eigenvalue weighted by atomic mass is 35.5. The molecule has 1 aromatic heterocycles. The molecule has 274 valence electrons. The zero-order valence-electron chi connectivity index (χ0n) is 29.0. The quantitative estimate of drug-likeness (QED) is 0.124. The number of esters is 2. The van der Waals surface area contributed by atoms with Crippen molar-refractivity contribution in [3.8, 4) is 11.1 Å². The predicted octanol–water partition coefficient (Wildman–Crippen LogP) is 6.33. The van der Waals surface area contributed by atoms with Gasteiger partial charge >= 0.3 is 17.6 Å². The molecule has 1 amide bonds. The van der Waals surface area contributed by atoms with E-state index < -0.39 is 54.0 Å². The summed E-state index contributed by atoms with van der Waals surface area (Å²) in [6.45, 7) is 0. The summed E-state index contributed by atoms with van der Waals surface area (Å²) < 4.78 is 20.2. The van der Waals surface area contributed by atoms with E-state index in [0.717, 1.165) is 9.13 Å². The first-order valence-corrected chi connectivity index (χ1v) is 17.8. The molecular formula is C43H32ClN3O8. The van der Waals surface area contributed by atoms with Crippen molar-refractivity contribution in [1.82, 2.24) is 9.13 Å². The number of benzene rings is 5. The van der Waals surface area contributed by atoms with Gasteiger partial charge in [-0.1, -0.05) is 103 Å². The van der Waals surface area contributed by atoms with E-state index in [4.69, 9.17) is 25.8 Å². The second-order valence-electron chi connectivity index (χ2n) is 12.4. The maximum atomic E-state index is 14.9. The van der Waals surface area contributed by atoms with Gasteiger partial charge in [-0.3, -0.25) is 14.2 Å². The number of hydrogen-bond donors (Lipinski definition) is 0.